The number of benzene rings is 3. The molecule has 5 rings (SSSR count). The summed E-state index contributed by atoms with van der Waals surface area (Å²) in [6.07, 6.45) is 2.18. The lowest BCUT2D eigenvalue weighted by Gasteiger charge is -2.11. The van der Waals surface area contributed by atoms with E-state index in [-0.39, 0.29) is 22.1 Å². The van der Waals surface area contributed by atoms with Crippen LogP contribution in [0.2, 0.25) is 0 Å². The van der Waals surface area contributed by atoms with Gasteiger partial charge >= 0.3 is 10.0 Å². The number of phenolic OH excluding ortho intramolecular Hbond substituents is 1. The van der Waals surface area contributed by atoms with Crippen molar-refractivity contribution in [3.05, 3.63) is 82.1 Å². The van der Waals surface area contributed by atoms with Gasteiger partial charge in [-0.3, -0.25) is 4.99 Å². The number of hydrogen-bond acceptors (Lipinski definition) is 5. The fourth-order valence-electron chi connectivity index (χ4n) is 4.01. The minimum absolute atomic E-state index is 0.147. The van der Waals surface area contributed by atoms with E-state index in [1.165, 1.54) is 12.1 Å². The third kappa shape index (κ3) is 3.36. The number of aryl methyl sites for hydroxylation is 1. The summed E-state index contributed by atoms with van der Waals surface area (Å²) in [6, 6.07) is 14.4. The molecule has 8 heteroatoms. The highest BCUT2D eigenvalue weighted by Crippen LogP contribution is 2.35. The number of sulfonamides is 1. The van der Waals surface area contributed by atoms with E-state index in [1.54, 1.807) is 48.7 Å². The first-order chi connectivity index (χ1) is 15.3. The maximum absolute atomic E-state index is 13.5. The van der Waals surface area contributed by atoms with Crippen LogP contribution < -0.4 is 15.9 Å². The molecule has 3 aromatic rings. The van der Waals surface area contributed by atoms with E-state index in [1.807, 2.05) is 6.92 Å². The molecule has 6 nitrogen and oxygen atoms in total. The molecular weight excluding hydrogens is 429 g/mol. The van der Waals surface area contributed by atoms with Crippen molar-refractivity contribution in [2.45, 2.75) is 24.8 Å². The highest BCUT2D eigenvalue weighted by molar-refractivity contribution is 7.85. The van der Waals surface area contributed by atoms with Crippen molar-refractivity contribution in [1.82, 2.24) is 0 Å². The summed E-state index contributed by atoms with van der Waals surface area (Å²) in [6.45, 7) is 2.76. The minimum atomic E-state index is -3.93. The Bertz CT molecular complexity index is 1490. The van der Waals surface area contributed by atoms with Crippen LogP contribution in [0.3, 0.4) is 0 Å². The van der Waals surface area contributed by atoms with Crippen LogP contribution in [0.1, 0.15) is 17.5 Å². The average molecular weight is 451 g/mol. The molecule has 0 radical (unpaired) electrons. The van der Waals surface area contributed by atoms with E-state index in [0.717, 1.165) is 20.7 Å². The molecule has 32 heavy (non-hydrogen) atoms. The standard InChI is InChI=1S/C24H20FN3O3S/c1-15-2-8-19(9-3-15)32(30,31)28-14-17-10-11-26-20-12-21(24(29)23(28)22(17)20)27-13-16-4-6-18(25)7-5-16/h2-9,12,14H,10-11,13H2,1H3,(H,26,27)/p+1. The highest BCUT2D eigenvalue weighted by Gasteiger charge is 2.39. The SMILES string of the molecule is Cc1ccc(S(=O)(=O)[N+]2=CC3=c4c2c(O)c(NCc2ccc(F)cc2)cc4=NCC3)cc1. The zero-order chi connectivity index (χ0) is 22.5. The maximum Gasteiger partial charge on any atom is 0.400 e. The molecule has 2 heterocycles. The van der Waals surface area contributed by atoms with E-state index in [2.05, 4.69) is 10.3 Å². The summed E-state index contributed by atoms with van der Waals surface area (Å²) in [5, 5.41) is 15.5. The molecule has 162 valence electrons. The molecule has 0 aromatic heterocycles. The molecule has 0 atom stereocenters. The Hall–Kier alpha value is -3.52. The van der Waals surface area contributed by atoms with Gasteiger partial charge in [0.05, 0.1) is 16.3 Å². The van der Waals surface area contributed by atoms with E-state index < -0.39 is 10.0 Å². The normalized spacial score (nSPS) is 14.6. The van der Waals surface area contributed by atoms with Crippen molar-refractivity contribution < 1.29 is 21.9 Å². The molecule has 2 aliphatic heterocycles. The number of nitrogens with zero attached hydrogens (tertiary/aromatic N) is 2. The summed E-state index contributed by atoms with van der Waals surface area (Å²) in [7, 11) is -3.93. The van der Waals surface area contributed by atoms with Crippen LogP contribution in [0.15, 0.2) is 64.5 Å². The number of phenols is 1. The van der Waals surface area contributed by atoms with Gasteiger partial charge in [0, 0.05) is 18.7 Å². The van der Waals surface area contributed by atoms with E-state index in [9.17, 15) is 17.9 Å². The summed E-state index contributed by atoms with van der Waals surface area (Å²) in [4.78, 5) is 4.70. The Morgan fingerprint density at radius 2 is 1.84 bits per heavy atom. The third-order valence-electron chi connectivity index (χ3n) is 5.71. The van der Waals surface area contributed by atoms with Crippen molar-refractivity contribution in [2.75, 3.05) is 11.9 Å². The Morgan fingerprint density at radius 3 is 2.56 bits per heavy atom. The van der Waals surface area contributed by atoms with Crippen LogP contribution in [0.5, 0.6) is 5.75 Å². The first-order valence-corrected chi connectivity index (χ1v) is 11.7. The molecule has 0 fully saturated rings. The lowest BCUT2D eigenvalue weighted by atomic mass is 10.1. The molecule has 2 N–H and O–H groups in total. The quantitative estimate of drug-likeness (QED) is 0.463. The minimum Gasteiger partial charge on any atom is -0.501 e. The van der Waals surface area contributed by atoms with Crippen LogP contribution in [-0.4, -0.2) is 30.3 Å². The molecule has 0 amide bonds. The van der Waals surface area contributed by atoms with E-state index in [0.29, 0.717) is 35.8 Å². The van der Waals surface area contributed by atoms with Gasteiger partial charge in [-0.25, -0.2) is 4.39 Å². The summed E-state index contributed by atoms with van der Waals surface area (Å²) < 4.78 is 41.3. The number of rotatable bonds is 5. The van der Waals surface area contributed by atoms with Crippen LogP contribution >= 0.6 is 0 Å². The summed E-state index contributed by atoms with van der Waals surface area (Å²) in [5.41, 5.74) is 3.19. The van der Waals surface area contributed by atoms with Gasteiger partial charge in [0.25, 0.3) is 5.69 Å². The topological polar surface area (TPSA) is 81.8 Å². The smallest absolute Gasteiger partial charge is 0.400 e. The lowest BCUT2D eigenvalue weighted by molar-refractivity contribution is -0.253. The lowest BCUT2D eigenvalue weighted by Crippen LogP contribution is -2.32. The molecule has 3 aromatic carbocycles. The Kier molecular flexibility index (Phi) is 4.82. The van der Waals surface area contributed by atoms with Gasteiger partial charge in [0.1, 0.15) is 10.7 Å². The van der Waals surface area contributed by atoms with Crippen LogP contribution in [0, 0.1) is 12.7 Å². The molecule has 2 aliphatic rings. The maximum atomic E-state index is 13.5. The van der Waals surface area contributed by atoms with Crippen molar-refractivity contribution in [3.8, 4) is 5.75 Å². The van der Waals surface area contributed by atoms with Gasteiger partial charge in [0.2, 0.25) is 5.75 Å². The number of aromatic hydroxyl groups is 1. The van der Waals surface area contributed by atoms with Gasteiger partial charge < -0.3 is 10.4 Å². The summed E-state index contributed by atoms with van der Waals surface area (Å²) >= 11 is 0. The summed E-state index contributed by atoms with van der Waals surface area (Å²) in [5.74, 6) is -0.488. The van der Waals surface area contributed by atoms with Crippen molar-refractivity contribution in [3.63, 3.8) is 0 Å². The van der Waals surface area contributed by atoms with E-state index >= 15 is 0 Å². The molecule has 0 bridgehead atoms. The second-order valence-corrected chi connectivity index (χ2v) is 9.71. The van der Waals surface area contributed by atoms with Gasteiger partial charge in [-0.1, -0.05) is 33.8 Å². The Labute approximate surface area is 184 Å². The van der Waals surface area contributed by atoms with Gasteiger partial charge in [-0.15, -0.1) is 0 Å². The van der Waals surface area contributed by atoms with E-state index in [4.69, 9.17) is 0 Å². The second kappa shape index (κ2) is 7.56. The second-order valence-electron chi connectivity index (χ2n) is 7.90. The van der Waals surface area contributed by atoms with Gasteiger partial charge in [-0.05, 0) is 49.2 Å². The average Bonchev–Trinajstić information content (AvgIpc) is 3.19. The third-order valence-corrected chi connectivity index (χ3v) is 7.38. The van der Waals surface area contributed by atoms with Crippen molar-refractivity contribution >= 4 is 33.2 Å². The van der Waals surface area contributed by atoms with Crippen LogP contribution in [0.4, 0.5) is 15.8 Å². The molecular formula is C24H21FN3O3S+. The molecule has 0 saturated heterocycles. The van der Waals surface area contributed by atoms with Gasteiger partial charge in [-0.2, -0.15) is 8.42 Å². The molecule has 0 aliphatic carbocycles. The van der Waals surface area contributed by atoms with Crippen molar-refractivity contribution in [2.24, 2.45) is 4.99 Å². The largest absolute Gasteiger partial charge is 0.501 e. The number of halogens is 1. The Balaban J connectivity index is 1.60. The fourth-order valence-corrected chi connectivity index (χ4v) is 5.40. The van der Waals surface area contributed by atoms with Gasteiger partial charge in [0.15, 0.2) is 6.21 Å². The Morgan fingerprint density at radius 1 is 1.12 bits per heavy atom. The molecule has 0 spiro atoms. The monoisotopic (exact) mass is 450 g/mol. The first-order valence-electron chi connectivity index (χ1n) is 10.2. The number of nitrogens with one attached hydrogen (secondary N) is 1. The molecule has 0 saturated carbocycles. The predicted molar refractivity (Wildman–Crippen MR) is 120 cm³/mol. The first kappa shape index (κ1) is 20.4. The van der Waals surface area contributed by atoms with Crippen LogP contribution in [-0.2, 0) is 16.6 Å². The fraction of sp³-hybridized carbons (Fsp3) is 0.167. The number of anilines is 1. The molecule has 0 unspecified atom stereocenters. The highest BCUT2D eigenvalue weighted by atomic mass is 32.2. The zero-order valence-corrected chi connectivity index (χ0v) is 18.2. The van der Waals surface area contributed by atoms with Crippen LogP contribution in [0.25, 0.3) is 5.57 Å². The number of hydrogen-bond donors (Lipinski definition) is 2. The predicted octanol–water partition coefficient (Wildman–Crippen LogP) is 2.74. The van der Waals surface area contributed by atoms with Crippen molar-refractivity contribution in [1.29, 1.82) is 0 Å². The zero-order valence-electron chi connectivity index (χ0n) is 17.3.